The molecule has 2 saturated heterocycles. The number of ether oxygens (including phenoxy) is 1. The maximum atomic E-state index is 13.6. The Morgan fingerprint density at radius 2 is 1.73 bits per heavy atom. The summed E-state index contributed by atoms with van der Waals surface area (Å²) in [5, 5.41) is 6.77. The van der Waals surface area contributed by atoms with Crippen molar-refractivity contribution in [2.75, 3.05) is 77.6 Å². The fourth-order valence-electron chi connectivity index (χ4n) is 5.21. The van der Waals surface area contributed by atoms with Crippen LogP contribution in [-0.2, 0) is 16.4 Å². The molecule has 0 bridgehead atoms. The van der Waals surface area contributed by atoms with Gasteiger partial charge in [-0.25, -0.2) is 18.4 Å². The van der Waals surface area contributed by atoms with Gasteiger partial charge in [-0.15, -0.1) is 5.10 Å². The molecular weight excluding hydrogens is 546 g/mol. The van der Waals surface area contributed by atoms with Crippen LogP contribution in [-0.4, -0.2) is 120 Å². The quantitative estimate of drug-likeness (QED) is 0.386. The van der Waals surface area contributed by atoms with E-state index >= 15 is 0 Å². The molecule has 2 aliphatic rings. The minimum atomic E-state index is -3.81. The van der Waals surface area contributed by atoms with E-state index in [1.807, 2.05) is 25.6 Å². The monoisotopic (exact) mass is 587 g/mol. The minimum Gasteiger partial charge on any atom is -0.477 e. The van der Waals surface area contributed by atoms with Crippen molar-refractivity contribution in [2.45, 2.75) is 39.0 Å². The van der Waals surface area contributed by atoms with Crippen LogP contribution < -0.4 is 15.3 Å². The van der Waals surface area contributed by atoms with Gasteiger partial charge in [0.15, 0.2) is 5.52 Å². The maximum absolute atomic E-state index is 13.6. The zero-order valence-electron chi connectivity index (χ0n) is 24.6. The van der Waals surface area contributed by atoms with Crippen LogP contribution in [0.1, 0.15) is 33.4 Å². The van der Waals surface area contributed by atoms with Gasteiger partial charge in [0, 0.05) is 52.4 Å². The van der Waals surface area contributed by atoms with Crippen molar-refractivity contribution in [3.63, 3.8) is 0 Å². The zero-order valence-corrected chi connectivity index (χ0v) is 25.4. The largest absolute Gasteiger partial charge is 0.477 e. The number of H-pyrrole nitrogens is 1. The van der Waals surface area contributed by atoms with Crippen LogP contribution in [0, 0.1) is 5.92 Å². The SMILES string of the molecule is CCc1c2nc(-c3cc(S(=O)(=O)N4CCN(CC)CC4)cnc3OCC(C)C)[nH]c(=O)c2nn1N1CCN(C)CC1. The minimum absolute atomic E-state index is 0.0425. The second-order valence-electron chi connectivity index (χ2n) is 11.1. The van der Waals surface area contributed by atoms with E-state index in [1.165, 1.54) is 16.6 Å². The number of nitrogens with zero attached hydrogens (tertiary/aromatic N) is 8. The molecule has 0 aliphatic carbocycles. The van der Waals surface area contributed by atoms with Crippen molar-refractivity contribution in [1.82, 2.24) is 38.9 Å². The third-order valence-corrected chi connectivity index (χ3v) is 9.60. The molecule has 1 N–H and O–H groups in total. The Kier molecular flexibility index (Phi) is 8.64. The Morgan fingerprint density at radius 3 is 2.37 bits per heavy atom. The Balaban J connectivity index is 1.58. The van der Waals surface area contributed by atoms with Gasteiger partial charge in [-0.05, 0) is 32.0 Å². The molecule has 5 rings (SSSR count). The van der Waals surface area contributed by atoms with Crippen molar-refractivity contribution in [2.24, 2.45) is 5.92 Å². The van der Waals surface area contributed by atoms with Gasteiger partial charge in [-0.1, -0.05) is 27.7 Å². The molecular formula is C27H41N9O4S. The predicted molar refractivity (Wildman–Crippen MR) is 157 cm³/mol. The summed E-state index contributed by atoms with van der Waals surface area (Å²) < 4.78 is 34.8. The normalized spacial score (nSPS) is 18.0. The van der Waals surface area contributed by atoms with Gasteiger partial charge < -0.3 is 19.5 Å². The van der Waals surface area contributed by atoms with Crippen molar-refractivity contribution >= 4 is 21.1 Å². The Bertz CT molecular complexity index is 1540. The molecule has 0 radical (unpaired) electrons. The zero-order chi connectivity index (χ0) is 29.3. The number of sulfonamides is 1. The van der Waals surface area contributed by atoms with Crippen LogP contribution in [0.2, 0.25) is 0 Å². The Labute approximate surface area is 241 Å². The van der Waals surface area contributed by atoms with Gasteiger partial charge in [0.05, 0.1) is 24.1 Å². The number of pyridine rings is 1. The molecule has 13 nitrogen and oxygen atoms in total. The van der Waals surface area contributed by atoms with Crippen LogP contribution in [0.25, 0.3) is 22.4 Å². The van der Waals surface area contributed by atoms with E-state index in [9.17, 15) is 13.2 Å². The molecule has 0 aromatic carbocycles. The van der Waals surface area contributed by atoms with E-state index in [-0.39, 0.29) is 28.0 Å². The number of nitrogens with one attached hydrogen (secondary N) is 1. The topological polar surface area (TPSA) is 133 Å². The van der Waals surface area contributed by atoms with E-state index in [1.54, 1.807) is 0 Å². The van der Waals surface area contributed by atoms with Gasteiger partial charge in [-0.3, -0.25) is 9.80 Å². The van der Waals surface area contributed by atoms with Crippen LogP contribution >= 0.6 is 0 Å². The summed E-state index contributed by atoms with van der Waals surface area (Å²) in [5.74, 6) is 0.639. The first-order valence-corrected chi connectivity index (χ1v) is 15.9. The third kappa shape index (κ3) is 5.96. The highest BCUT2D eigenvalue weighted by molar-refractivity contribution is 7.89. The van der Waals surface area contributed by atoms with Gasteiger partial charge in [-0.2, -0.15) is 9.10 Å². The first-order valence-electron chi connectivity index (χ1n) is 14.4. The molecule has 0 unspecified atom stereocenters. The molecule has 0 amide bonds. The van der Waals surface area contributed by atoms with Crippen molar-refractivity contribution in [1.29, 1.82) is 0 Å². The number of piperazine rings is 2. The van der Waals surface area contributed by atoms with E-state index in [0.29, 0.717) is 50.3 Å². The number of aromatic amines is 1. The highest BCUT2D eigenvalue weighted by Crippen LogP contribution is 2.30. The van der Waals surface area contributed by atoms with Gasteiger partial charge in [0.25, 0.3) is 5.56 Å². The summed E-state index contributed by atoms with van der Waals surface area (Å²) >= 11 is 0. The molecule has 2 aliphatic heterocycles. The first-order chi connectivity index (χ1) is 19.6. The van der Waals surface area contributed by atoms with Crippen LogP contribution in [0.3, 0.4) is 0 Å². The molecule has 0 atom stereocenters. The van der Waals surface area contributed by atoms with Gasteiger partial charge in [0.2, 0.25) is 15.9 Å². The summed E-state index contributed by atoms with van der Waals surface area (Å²) in [6.45, 7) is 14.9. The summed E-state index contributed by atoms with van der Waals surface area (Å²) in [7, 11) is -1.72. The maximum Gasteiger partial charge on any atom is 0.279 e. The molecule has 5 heterocycles. The number of rotatable bonds is 9. The highest BCUT2D eigenvalue weighted by Gasteiger charge is 2.30. The standard InChI is InChI=1S/C27H41N9O4S/c1-6-22-23-24(31-36(22)34-12-8-32(5)9-13-34)26(37)30-25(29-23)21-16-20(17-28-27(21)40-18-19(3)4)41(38,39)35-14-10-33(7-2)11-15-35/h16-17,19H,6-15,18H2,1-5H3,(H,29,30,37). The molecule has 0 spiro atoms. The summed E-state index contributed by atoms with van der Waals surface area (Å²) in [4.78, 5) is 31.8. The van der Waals surface area contributed by atoms with Gasteiger partial charge >= 0.3 is 0 Å². The van der Waals surface area contributed by atoms with E-state index < -0.39 is 15.6 Å². The van der Waals surface area contributed by atoms with E-state index in [0.717, 1.165) is 38.4 Å². The number of fused-ring (bicyclic) bond motifs is 1. The summed E-state index contributed by atoms with van der Waals surface area (Å²) in [6.07, 6.45) is 1.95. The Morgan fingerprint density at radius 1 is 1.02 bits per heavy atom. The smallest absolute Gasteiger partial charge is 0.279 e. The lowest BCUT2D eigenvalue weighted by Crippen LogP contribution is -2.50. The molecule has 224 valence electrons. The van der Waals surface area contributed by atoms with E-state index in [4.69, 9.17) is 9.72 Å². The average Bonchev–Trinajstić information content (AvgIpc) is 3.35. The Hall–Kier alpha value is -3.07. The number of likely N-dealkylation sites (N-methyl/N-ethyl adjacent to an activating group) is 2. The molecule has 3 aromatic rings. The molecule has 0 saturated carbocycles. The van der Waals surface area contributed by atoms with Crippen molar-refractivity contribution in [3.05, 3.63) is 28.3 Å². The second kappa shape index (κ2) is 12.0. The van der Waals surface area contributed by atoms with Crippen LogP contribution in [0.15, 0.2) is 22.0 Å². The summed E-state index contributed by atoms with van der Waals surface area (Å²) in [6, 6.07) is 1.52. The molecule has 2 fully saturated rings. The summed E-state index contributed by atoms with van der Waals surface area (Å²) in [5.41, 5.74) is 1.49. The first kappa shape index (κ1) is 29.4. The predicted octanol–water partition coefficient (Wildman–Crippen LogP) is 0.988. The lowest BCUT2D eigenvalue weighted by atomic mass is 10.2. The number of hydrogen-bond acceptors (Lipinski definition) is 10. The third-order valence-electron chi connectivity index (χ3n) is 7.74. The number of hydrogen-bond donors (Lipinski definition) is 1. The van der Waals surface area contributed by atoms with Crippen molar-refractivity contribution < 1.29 is 13.2 Å². The fourth-order valence-corrected chi connectivity index (χ4v) is 6.60. The molecule has 3 aromatic heterocycles. The van der Waals surface area contributed by atoms with E-state index in [2.05, 4.69) is 43.8 Å². The number of aryl methyl sites for hydroxylation is 1. The lowest BCUT2D eigenvalue weighted by Gasteiger charge is -2.34. The fraction of sp³-hybridized carbons (Fsp3) is 0.630. The second-order valence-corrected chi connectivity index (χ2v) is 13.1. The molecule has 14 heteroatoms. The lowest BCUT2D eigenvalue weighted by molar-refractivity contribution is 0.196. The number of aromatic nitrogens is 5. The van der Waals surface area contributed by atoms with Crippen molar-refractivity contribution in [3.8, 4) is 17.3 Å². The van der Waals surface area contributed by atoms with Crippen LogP contribution in [0.4, 0.5) is 0 Å². The van der Waals surface area contributed by atoms with Crippen LogP contribution in [0.5, 0.6) is 5.88 Å². The highest BCUT2D eigenvalue weighted by atomic mass is 32.2. The average molecular weight is 588 g/mol. The van der Waals surface area contributed by atoms with Gasteiger partial charge in [0.1, 0.15) is 16.2 Å². The molecule has 41 heavy (non-hydrogen) atoms.